The molecule has 2 aromatic heterocycles. The van der Waals surface area contributed by atoms with Crippen LogP contribution in [-0.2, 0) is 26.2 Å². The van der Waals surface area contributed by atoms with Crippen molar-refractivity contribution < 1.29 is 23.7 Å². The molecule has 11 heteroatoms. The largest absolute Gasteiger partial charge is 0.493 e. The Morgan fingerprint density at radius 1 is 1.12 bits per heavy atom. The van der Waals surface area contributed by atoms with E-state index in [0.717, 1.165) is 22.5 Å². The third-order valence-electron chi connectivity index (χ3n) is 7.55. The second-order valence-corrected chi connectivity index (χ2v) is 10.3. The lowest BCUT2D eigenvalue weighted by Gasteiger charge is -2.25. The first-order valence-electron chi connectivity index (χ1n) is 13.3. The van der Waals surface area contributed by atoms with Crippen LogP contribution < -0.4 is 9.47 Å². The van der Waals surface area contributed by atoms with Crippen LogP contribution in [0.3, 0.4) is 0 Å². The fraction of sp³-hybridized carbons (Fsp3) is 0.379. The monoisotopic (exact) mass is 563 g/mol. The molecule has 0 spiro atoms. The quantitative estimate of drug-likeness (QED) is 0.263. The molecule has 0 saturated heterocycles. The lowest BCUT2D eigenvalue weighted by molar-refractivity contribution is -0.146. The number of tetrazole rings is 1. The van der Waals surface area contributed by atoms with Gasteiger partial charge in [0.2, 0.25) is 0 Å². The van der Waals surface area contributed by atoms with E-state index in [-0.39, 0.29) is 12.1 Å². The Hall–Kier alpha value is -3.89. The van der Waals surface area contributed by atoms with Crippen LogP contribution in [0.25, 0.3) is 5.69 Å². The summed E-state index contributed by atoms with van der Waals surface area (Å²) in [5.74, 6) is 1.34. The van der Waals surface area contributed by atoms with Gasteiger partial charge in [0.05, 0.1) is 38.8 Å². The van der Waals surface area contributed by atoms with E-state index in [1.165, 1.54) is 4.80 Å². The predicted molar refractivity (Wildman–Crippen MR) is 146 cm³/mol. The van der Waals surface area contributed by atoms with Crippen LogP contribution in [0.4, 0.5) is 0 Å². The smallest absolute Gasteiger partial charge is 0.319 e. The van der Waals surface area contributed by atoms with E-state index in [1.807, 2.05) is 54.7 Å². The molecule has 40 heavy (non-hydrogen) atoms. The molecule has 0 radical (unpaired) electrons. The Kier molecular flexibility index (Phi) is 6.97. The van der Waals surface area contributed by atoms with Gasteiger partial charge < -0.3 is 23.5 Å². The third kappa shape index (κ3) is 4.50. The number of para-hydroxylation sites is 1. The summed E-state index contributed by atoms with van der Waals surface area (Å²) < 4.78 is 25.7. The van der Waals surface area contributed by atoms with Crippen molar-refractivity contribution in [3.8, 4) is 17.2 Å². The van der Waals surface area contributed by atoms with Crippen LogP contribution in [0.2, 0.25) is 5.02 Å². The topological polar surface area (TPSA) is 103 Å². The molecule has 2 atom stereocenters. The Morgan fingerprint density at radius 3 is 2.73 bits per heavy atom. The van der Waals surface area contributed by atoms with Crippen LogP contribution in [0.15, 0.2) is 54.7 Å². The molecule has 1 aliphatic heterocycles. The maximum atomic E-state index is 12.5. The minimum atomic E-state index is -0.767. The molecule has 2 aromatic carbocycles. The second-order valence-electron chi connectivity index (χ2n) is 9.89. The summed E-state index contributed by atoms with van der Waals surface area (Å²) in [5, 5.41) is 13.6. The molecule has 6 rings (SSSR count). The average molecular weight is 564 g/mol. The van der Waals surface area contributed by atoms with Gasteiger partial charge in [-0.3, -0.25) is 4.79 Å². The highest BCUT2D eigenvalue weighted by Gasteiger charge is 2.56. The molecular weight excluding hydrogens is 534 g/mol. The number of halogens is 1. The molecule has 0 bridgehead atoms. The van der Waals surface area contributed by atoms with Crippen LogP contribution >= 0.6 is 11.6 Å². The van der Waals surface area contributed by atoms with Gasteiger partial charge >= 0.3 is 5.97 Å². The van der Waals surface area contributed by atoms with Crippen molar-refractivity contribution in [2.24, 2.45) is 0 Å². The van der Waals surface area contributed by atoms with E-state index < -0.39 is 11.5 Å². The summed E-state index contributed by atoms with van der Waals surface area (Å²) in [6, 6.07) is 15.6. The number of fused-ring (bicyclic) bond motifs is 3. The van der Waals surface area contributed by atoms with Gasteiger partial charge in [-0.1, -0.05) is 23.7 Å². The number of carbonyl (C=O) groups excluding carboxylic acids is 1. The first-order valence-corrected chi connectivity index (χ1v) is 13.7. The summed E-state index contributed by atoms with van der Waals surface area (Å²) >= 11 is 6.50. The van der Waals surface area contributed by atoms with Gasteiger partial charge in [-0.05, 0) is 61.4 Å². The summed E-state index contributed by atoms with van der Waals surface area (Å²) in [5.41, 5.74) is 2.92. The number of hydrogen-bond acceptors (Lipinski definition) is 8. The zero-order chi connectivity index (χ0) is 27.9. The van der Waals surface area contributed by atoms with Gasteiger partial charge in [-0.2, -0.15) is 4.80 Å². The van der Waals surface area contributed by atoms with Gasteiger partial charge in [0.1, 0.15) is 17.6 Å². The highest BCUT2D eigenvalue weighted by atomic mass is 35.5. The Balaban J connectivity index is 1.34. The van der Waals surface area contributed by atoms with Crippen LogP contribution in [0.1, 0.15) is 61.0 Å². The summed E-state index contributed by atoms with van der Waals surface area (Å²) in [6.07, 6.45) is 3.07. The molecule has 1 aliphatic carbocycles. The number of benzene rings is 2. The predicted octanol–water partition coefficient (Wildman–Crippen LogP) is 4.98. The number of carbonyl (C=O) groups is 1. The Labute approximate surface area is 236 Å². The lowest BCUT2D eigenvalue weighted by Crippen LogP contribution is -2.25. The first kappa shape index (κ1) is 26.3. The van der Waals surface area contributed by atoms with Crippen molar-refractivity contribution in [1.29, 1.82) is 0 Å². The maximum absolute atomic E-state index is 12.5. The molecule has 10 nitrogen and oxygen atoms in total. The van der Waals surface area contributed by atoms with Crippen molar-refractivity contribution >= 4 is 17.6 Å². The fourth-order valence-corrected chi connectivity index (χ4v) is 5.57. The van der Waals surface area contributed by atoms with E-state index in [1.54, 1.807) is 21.1 Å². The number of hydrogen-bond donors (Lipinski definition) is 0. The van der Waals surface area contributed by atoms with Crippen molar-refractivity contribution in [2.75, 3.05) is 20.8 Å². The third-order valence-corrected chi connectivity index (χ3v) is 7.78. The number of aryl methyl sites for hydroxylation is 1. The number of aromatic nitrogens is 5. The van der Waals surface area contributed by atoms with Gasteiger partial charge in [0.25, 0.3) is 0 Å². The minimum Gasteiger partial charge on any atom is -0.493 e. The zero-order valence-electron chi connectivity index (χ0n) is 22.5. The second kappa shape index (κ2) is 10.6. The van der Waals surface area contributed by atoms with Crippen LogP contribution in [-0.4, -0.2) is 51.6 Å². The van der Waals surface area contributed by atoms with Gasteiger partial charge in [0, 0.05) is 28.8 Å². The molecular formula is C29H30ClN5O5. The van der Waals surface area contributed by atoms with E-state index >= 15 is 0 Å². The van der Waals surface area contributed by atoms with Crippen LogP contribution in [0, 0.1) is 0 Å². The number of rotatable bonds is 9. The normalized spacial score (nSPS) is 18.8. The molecule has 1 saturated carbocycles. The average Bonchev–Trinajstić information content (AvgIpc) is 3.43. The zero-order valence-corrected chi connectivity index (χ0v) is 23.3. The molecule has 0 amide bonds. The molecule has 1 fully saturated rings. The molecule has 3 heterocycles. The number of nitrogens with zero attached hydrogens (tertiary/aromatic N) is 5. The van der Waals surface area contributed by atoms with Crippen LogP contribution in [0.5, 0.6) is 11.5 Å². The van der Waals surface area contributed by atoms with Crippen molar-refractivity contribution in [3.05, 3.63) is 82.4 Å². The summed E-state index contributed by atoms with van der Waals surface area (Å²) in [7, 11) is 3.23. The van der Waals surface area contributed by atoms with E-state index in [0.29, 0.717) is 54.8 Å². The van der Waals surface area contributed by atoms with Gasteiger partial charge in [0.15, 0.2) is 17.3 Å². The van der Waals surface area contributed by atoms with Gasteiger partial charge in [-0.25, -0.2) is 0 Å². The minimum absolute atomic E-state index is 0.286. The molecule has 0 unspecified atom stereocenters. The highest BCUT2D eigenvalue weighted by Crippen LogP contribution is 2.48. The van der Waals surface area contributed by atoms with E-state index in [4.69, 9.17) is 30.5 Å². The standard InChI is InChI=1S/C29H30ClN5O5/c1-4-39-28(36)29(13-14-29)27-31-33-35(32-27)16-12-23-22-8-6-15-34(22)21-11-10-18(30)17-20(21)25(40-23)19-7-5-9-24(37-2)26(19)38-3/h5-11,15,17,23,25H,4,12-14,16H2,1-3H3/t23-,25-/m1/s1. The van der Waals surface area contributed by atoms with Crippen molar-refractivity contribution in [2.45, 2.75) is 50.4 Å². The van der Waals surface area contributed by atoms with E-state index in [9.17, 15) is 4.79 Å². The molecule has 208 valence electrons. The molecule has 2 aliphatic rings. The van der Waals surface area contributed by atoms with Crippen molar-refractivity contribution in [1.82, 2.24) is 24.8 Å². The first-order chi connectivity index (χ1) is 19.5. The van der Waals surface area contributed by atoms with E-state index in [2.05, 4.69) is 20.0 Å². The summed E-state index contributed by atoms with van der Waals surface area (Å²) in [4.78, 5) is 14.0. The SMILES string of the molecule is CCOC(=O)C1(c2nnn(CC[C@H]3O[C@H](c4cccc(OC)c4OC)c4cc(Cl)ccc4-n4cccc43)n2)CC1. The van der Waals surface area contributed by atoms with Crippen molar-refractivity contribution in [3.63, 3.8) is 0 Å². The summed E-state index contributed by atoms with van der Waals surface area (Å²) in [6.45, 7) is 2.54. The number of esters is 1. The molecule has 4 aromatic rings. The fourth-order valence-electron chi connectivity index (χ4n) is 5.39. The lowest BCUT2D eigenvalue weighted by atomic mass is 9.98. The Morgan fingerprint density at radius 2 is 1.98 bits per heavy atom. The highest BCUT2D eigenvalue weighted by molar-refractivity contribution is 6.30. The number of ether oxygens (including phenoxy) is 4. The van der Waals surface area contributed by atoms with Gasteiger partial charge in [-0.15, -0.1) is 10.2 Å². The number of methoxy groups -OCH3 is 2. The molecule has 0 N–H and O–H groups in total. The maximum Gasteiger partial charge on any atom is 0.319 e. The Bertz CT molecular complexity index is 1550.